The van der Waals surface area contributed by atoms with E-state index in [1.54, 1.807) is 0 Å². The van der Waals surface area contributed by atoms with Gasteiger partial charge in [-0.15, -0.1) is 0 Å². The number of carbonyl (C=O) groups is 1. The van der Waals surface area contributed by atoms with Gasteiger partial charge in [0.1, 0.15) is 0 Å². The van der Waals surface area contributed by atoms with Crippen LogP contribution in [0.3, 0.4) is 0 Å². The van der Waals surface area contributed by atoms with E-state index in [1.807, 2.05) is 20.8 Å². The third-order valence-electron chi connectivity index (χ3n) is 1.35. The summed E-state index contributed by atoms with van der Waals surface area (Å²) in [5, 5.41) is 11.7. The molecule has 0 saturated carbocycles. The number of thiazole rings is 1. The molecule has 1 aromatic heterocycles. The van der Waals surface area contributed by atoms with E-state index < -0.39 is 6.09 Å². The first-order chi connectivity index (χ1) is 6.90. The van der Waals surface area contributed by atoms with Crippen LogP contribution < -0.4 is 10.1 Å². The minimum absolute atomic E-state index is 0.0953. The van der Waals surface area contributed by atoms with E-state index in [0.717, 1.165) is 11.3 Å². The summed E-state index contributed by atoms with van der Waals surface area (Å²) >= 11 is 1.14. The quantitative estimate of drug-likeness (QED) is 0.808. The maximum absolute atomic E-state index is 11.3. The van der Waals surface area contributed by atoms with Crippen LogP contribution >= 0.6 is 11.3 Å². The zero-order valence-corrected chi connectivity index (χ0v) is 9.72. The average molecular weight is 230 g/mol. The van der Waals surface area contributed by atoms with Crippen molar-refractivity contribution >= 4 is 17.4 Å². The van der Waals surface area contributed by atoms with Gasteiger partial charge in [0.25, 0.3) is 5.19 Å². The molecule has 0 spiro atoms. The SMILES string of the molecule is CC(C)(C)NC(=O)Oc1ncc(CO)s1. The minimum Gasteiger partial charge on any atom is -0.391 e. The average Bonchev–Trinajstić information content (AvgIpc) is 2.48. The highest BCUT2D eigenvalue weighted by molar-refractivity contribution is 7.13. The Morgan fingerprint density at radius 2 is 2.33 bits per heavy atom. The van der Waals surface area contributed by atoms with Crippen molar-refractivity contribution < 1.29 is 14.6 Å². The summed E-state index contributed by atoms with van der Waals surface area (Å²) in [6, 6.07) is 0. The summed E-state index contributed by atoms with van der Waals surface area (Å²) in [7, 11) is 0. The lowest BCUT2D eigenvalue weighted by Crippen LogP contribution is -2.42. The van der Waals surface area contributed by atoms with E-state index in [1.165, 1.54) is 6.20 Å². The number of nitrogens with zero attached hydrogens (tertiary/aromatic N) is 1. The van der Waals surface area contributed by atoms with Gasteiger partial charge in [0.15, 0.2) is 0 Å². The molecule has 1 heterocycles. The molecule has 1 rings (SSSR count). The molecule has 0 atom stereocenters. The van der Waals surface area contributed by atoms with Crippen molar-refractivity contribution in [1.29, 1.82) is 0 Å². The standard InChI is InChI=1S/C9H14N2O3S/c1-9(2,3)11-7(13)14-8-10-4-6(5-12)15-8/h4,12H,5H2,1-3H3,(H,11,13). The summed E-state index contributed by atoms with van der Waals surface area (Å²) in [6.45, 7) is 5.47. The van der Waals surface area contributed by atoms with Crippen LogP contribution in [0.4, 0.5) is 4.79 Å². The number of aromatic nitrogens is 1. The van der Waals surface area contributed by atoms with Crippen molar-refractivity contribution in [3.8, 4) is 5.19 Å². The molecule has 0 fully saturated rings. The molecule has 0 bridgehead atoms. The summed E-state index contributed by atoms with van der Waals surface area (Å²) in [5.41, 5.74) is -0.339. The van der Waals surface area contributed by atoms with Crippen LogP contribution in [0.5, 0.6) is 5.19 Å². The third-order valence-corrected chi connectivity index (χ3v) is 2.21. The lowest BCUT2D eigenvalue weighted by atomic mass is 10.1. The van der Waals surface area contributed by atoms with Crippen LogP contribution in [-0.4, -0.2) is 21.7 Å². The van der Waals surface area contributed by atoms with Gasteiger partial charge in [0.2, 0.25) is 0 Å². The van der Waals surface area contributed by atoms with Crippen LogP contribution in [0.2, 0.25) is 0 Å². The van der Waals surface area contributed by atoms with Crippen molar-refractivity contribution in [2.75, 3.05) is 0 Å². The Morgan fingerprint density at radius 1 is 1.67 bits per heavy atom. The van der Waals surface area contributed by atoms with Gasteiger partial charge in [-0.2, -0.15) is 0 Å². The minimum atomic E-state index is -0.540. The van der Waals surface area contributed by atoms with Gasteiger partial charge in [-0.05, 0) is 20.8 Å². The van der Waals surface area contributed by atoms with Gasteiger partial charge in [-0.25, -0.2) is 9.78 Å². The third kappa shape index (κ3) is 4.26. The largest absolute Gasteiger partial charge is 0.414 e. The molecule has 2 N–H and O–H groups in total. The van der Waals surface area contributed by atoms with Crippen molar-refractivity contribution in [3.05, 3.63) is 11.1 Å². The number of rotatable bonds is 2. The van der Waals surface area contributed by atoms with Crippen molar-refractivity contribution in [2.45, 2.75) is 32.9 Å². The van der Waals surface area contributed by atoms with E-state index in [4.69, 9.17) is 9.84 Å². The maximum Gasteiger partial charge on any atom is 0.414 e. The fourth-order valence-electron chi connectivity index (χ4n) is 0.821. The molecule has 0 aromatic carbocycles. The van der Waals surface area contributed by atoms with Gasteiger partial charge < -0.3 is 15.2 Å². The summed E-state index contributed by atoms with van der Waals surface area (Å²) in [6.07, 6.45) is 0.936. The number of aliphatic hydroxyl groups is 1. The summed E-state index contributed by atoms with van der Waals surface area (Å²) < 4.78 is 4.92. The fourth-order valence-corrected chi connectivity index (χ4v) is 1.44. The molecular weight excluding hydrogens is 216 g/mol. The van der Waals surface area contributed by atoms with Gasteiger partial charge in [0.05, 0.1) is 11.5 Å². The first kappa shape index (κ1) is 11.9. The number of amides is 1. The molecule has 6 heteroatoms. The number of nitrogens with one attached hydrogen (secondary N) is 1. The van der Waals surface area contributed by atoms with Crippen molar-refractivity contribution in [3.63, 3.8) is 0 Å². The van der Waals surface area contributed by atoms with Crippen LogP contribution in [0.1, 0.15) is 25.6 Å². The van der Waals surface area contributed by atoms with Crippen LogP contribution in [-0.2, 0) is 6.61 Å². The monoisotopic (exact) mass is 230 g/mol. The molecule has 0 radical (unpaired) electrons. The topological polar surface area (TPSA) is 71.5 Å². The predicted octanol–water partition coefficient (Wildman–Crippen LogP) is 1.52. The van der Waals surface area contributed by atoms with Crippen molar-refractivity contribution in [1.82, 2.24) is 10.3 Å². The molecule has 15 heavy (non-hydrogen) atoms. The van der Waals surface area contributed by atoms with E-state index in [-0.39, 0.29) is 17.3 Å². The van der Waals surface area contributed by atoms with E-state index in [0.29, 0.717) is 4.88 Å². The highest BCUT2D eigenvalue weighted by Crippen LogP contribution is 2.20. The number of hydrogen-bond acceptors (Lipinski definition) is 5. The Bertz CT molecular complexity index is 343. The second-order valence-corrected chi connectivity index (χ2v) is 5.09. The predicted molar refractivity (Wildman–Crippen MR) is 56.9 cm³/mol. The van der Waals surface area contributed by atoms with Gasteiger partial charge >= 0.3 is 6.09 Å². The number of ether oxygens (including phenoxy) is 1. The van der Waals surface area contributed by atoms with Gasteiger partial charge in [-0.3, -0.25) is 0 Å². The first-order valence-corrected chi connectivity index (χ1v) is 5.28. The highest BCUT2D eigenvalue weighted by Gasteiger charge is 2.16. The van der Waals surface area contributed by atoms with Crippen LogP contribution in [0.25, 0.3) is 0 Å². The van der Waals surface area contributed by atoms with Gasteiger partial charge in [-0.1, -0.05) is 11.3 Å². The Hall–Kier alpha value is -1.14. The molecule has 1 aromatic rings. The lowest BCUT2D eigenvalue weighted by molar-refractivity contribution is 0.190. The molecule has 0 aliphatic carbocycles. The van der Waals surface area contributed by atoms with Crippen molar-refractivity contribution in [2.24, 2.45) is 0 Å². The molecular formula is C9H14N2O3S. The zero-order valence-electron chi connectivity index (χ0n) is 8.90. The Morgan fingerprint density at radius 3 is 2.80 bits per heavy atom. The second kappa shape index (κ2) is 4.59. The highest BCUT2D eigenvalue weighted by atomic mass is 32.1. The van der Waals surface area contributed by atoms with Gasteiger partial charge in [0, 0.05) is 11.7 Å². The van der Waals surface area contributed by atoms with Crippen LogP contribution in [0, 0.1) is 0 Å². The lowest BCUT2D eigenvalue weighted by Gasteiger charge is -2.18. The zero-order chi connectivity index (χ0) is 11.5. The Kier molecular flexibility index (Phi) is 3.65. The molecule has 0 unspecified atom stereocenters. The van der Waals surface area contributed by atoms with Crippen LogP contribution in [0.15, 0.2) is 6.20 Å². The molecule has 84 valence electrons. The molecule has 5 nitrogen and oxygen atoms in total. The summed E-state index contributed by atoms with van der Waals surface area (Å²) in [5.74, 6) is 0. The molecule has 1 amide bonds. The number of aliphatic hydroxyl groups excluding tert-OH is 1. The Balaban J connectivity index is 2.51. The summed E-state index contributed by atoms with van der Waals surface area (Å²) in [4.78, 5) is 15.8. The van der Waals surface area contributed by atoms with E-state index in [2.05, 4.69) is 10.3 Å². The fraction of sp³-hybridized carbons (Fsp3) is 0.556. The normalized spacial score (nSPS) is 11.2. The van der Waals surface area contributed by atoms with E-state index in [9.17, 15) is 4.79 Å². The first-order valence-electron chi connectivity index (χ1n) is 4.46. The molecule has 0 aliphatic heterocycles. The molecule has 0 aliphatic rings. The maximum atomic E-state index is 11.3. The smallest absolute Gasteiger partial charge is 0.391 e. The second-order valence-electron chi connectivity index (χ2n) is 4.02. The van der Waals surface area contributed by atoms with E-state index >= 15 is 0 Å². The molecule has 0 saturated heterocycles. The Labute approximate surface area is 92.1 Å². The number of carbonyl (C=O) groups excluding carboxylic acids is 1. The number of hydrogen-bond donors (Lipinski definition) is 2.